The molecule has 1 saturated heterocycles. The van der Waals surface area contributed by atoms with E-state index in [2.05, 4.69) is 27.5 Å². The molecular formula is C18H22N6NaO2S-. The van der Waals surface area contributed by atoms with Crippen LogP contribution in [0.15, 0.2) is 22.7 Å². The quantitative estimate of drug-likeness (QED) is 0.372. The van der Waals surface area contributed by atoms with Gasteiger partial charge in [0.2, 0.25) is 0 Å². The Balaban J connectivity index is 0.00000225. The number of morpholine rings is 1. The molecule has 2 atom stereocenters. The van der Waals surface area contributed by atoms with E-state index in [0.717, 1.165) is 31.4 Å². The molecule has 1 aliphatic carbocycles. The van der Waals surface area contributed by atoms with Crippen molar-refractivity contribution < 1.29 is 38.5 Å². The van der Waals surface area contributed by atoms with E-state index in [1.165, 1.54) is 10.8 Å². The summed E-state index contributed by atoms with van der Waals surface area (Å²) in [6.45, 7) is 4.07. The second-order valence-corrected chi connectivity index (χ2v) is 9.58. The Hall–Kier alpha value is -1.26. The third-order valence-electron chi connectivity index (χ3n) is 4.86. The van der Waals surface area contributed by atoms with Gasteiger partial charge in [-0.15, -0.1) is 0 Å². The zero-order valence-electron chi connectivity index (χ0n) is 16.4. The molecular weight excluding hydrogens is 387 g/mol. The number of nitrogens with zero attached hydrogens (tertiary/aromatic N) is 6. The fourth-order valence-electron chi connectivity index (χ4n) is 3.23. The van der Waals surface area contributed by atoms with Crippen molar-refractivity contribution in [2.45, 2.75) is 31.1 Å². The summed E-state index contributed by atoms with van der Waals surface area (Å²) in [5, 5.41) is 14.1. The molecule has 0 bridgehead atoms. The molecule has 1 unspecified atom stereocenters. The zero-order valence-corrected chi connectivity index (χ0v) is 19.2. The van der Waals surface area contributed by atoms with Crippen molar-refractivity contribution in [2.75, 3.05) is 30.9 Å². The van der Waals surface area contributed by atoms with Gasteiger partial charge in [0.15, 0.2) is 0 Å². The molecule has 2 aromatic heterocycles. The van der Waals surface area contributed by atoms with E-state index in [0.29, 0.717) is 29.9 Å². The number of hydrogen-bond acceptors (Lipinski definition) is 6. The van der Waals surface area contributed by atoms with Crippen LogP contribution in [0, 0.1) is 6.20 Å². The van der Waals surface area contributed by atoms with Crippen LogP contribution < -0.4 is 34.5 Å². The van der Waals surface area contributed by atoms with Crippen molar-refractivity contribution in [1.29, 1.82) is 0 Å². The normalized spacial score (nSPS) is 22.1. The third kappa shape index (κ3) is 4.33. The van der Waals surface area contributed by atoms with Crippen LogP contribution in [0.1, 0.15) is 19.8 Å². The summed E-state index contributed by atoms with van der Waals surface area (Å²) in [5.41, 5.74) is 1.20. The van der Waals surface area contributed by atoms with E-state index in [9.17, 15) is 4.21 Å². The Morgan fingerprint density at radius 2 is 2.25 bits per heavy atom. The maximum absolute atomic E-state index is 13.0. The molecule has 10 heteroatoms. The minimum Gasteiger partial charge on any atom is -0.878 e. The predicted molar refractivity (Wildman–Crippen MR) is 107 cm³/mol. The van der Waals surface area contributed by atoms with Crippen LogP contribution >= 0.6 is 0 Å². The van der Waals surface area contributed by atoms with Gasteiger partial charge in [0.25, 0.3) is 0 Å². The summed E-state index contributed by atoms with van der Waals surface area (Å²) >= 11 is 0. The number of hydrogen-bond donors (Lipinski definition) is 0. The Morgan fingerprint density at radius 1 is 1.46 bits per heavy atom. The molecule has 2 fully saturated rings. The Bertz CT molecular complexity index is 1020. The second-order valence-electron chi connectivity index (χ2n) is 7.01. The van der Waals surface area contributed by atoms with Crippen molar-refractivity contribution >= 4 is 38.5 Å². The molecule has 3 heterocycles. The summed E-state index contributed by atoms with van der Waals surface area (Å²) in [4.78, 5) is 6.92. The SMILES string of the molecule is C[C@@H]1COCCN1c1cc(N=S(C)(=O)C2CC2)c2cnn([C-]=CC=[N-])c2n1.[Na+]. The van der Waals surface area contributed by atoms with Crippen molar-refractivity contribution in [3.8, 4) is 0 Å². The molecule has 1 aliphatic heterocycles. The van der Waals surface area contributed by atoms with Gasteiger partial charge in [-0.2, -0.15) is 15.5 Å². The van der Waals surface area contributed by atoms with Crippen LogP contribution in [-0.2, 0) is 14.5 Å². The third-order valence-corrected chi connectivity index (χ3v) is 7.13. The van der Waals surface area contributed by atoms with Gasteiger partial charge in [0.1, 0.15) is 5.82 Å². The molecule has 1 saturated carbocycles. The number of pyridine rings is 1. The fraction of sp³-hybridized carbons (Fsp3) is 0.500. The van der Waals surface area contributed by atoms with E-state index < -0.39 is 9.73 Å². The van der Waals surface area contributed by atoms with Gasteiger partial charge in [-0.25, -0.2) is 4.21 Å². The van der Waals surface area contributed by atoms with Gasteiger partial charge < -0.3 is 25.9 Å². The molecule has 8 nitrogen and oxygen atoms in total. The Kier molecular flexibility index (Phi) is 6.61. The number of allylic oxidation sites excluding steroid dienone is 1. The van der Waals surface area contributed by atoms with Crippen LogP contribution in [0.3, 0.4) is 0 Å². The first kappa shape index (κ1) is 21.4. The van der Waals surface area contributed by atoms with Crippen LogP contribution in [0.25, 0.3) is 16.4 Å². The molecule has 28 heavy (non-hydrogen) atoms. The second kappa shape index (κ2) is 8.62. The molecule has 0 aromatic carbocycles. The zero-order chi connectivity index (χ0) is 19.0. The van der Waals surface area contributed by atoms with Crippen LogP contribution in [0.5, 0.6) is 0 Å². The van der Waals surface area contributed by atoms with E-state index in [4.69, 9.17) is 15.1 Å². The Labute approximate surface area is 187 Å². The smallest absolute Gasteiger partial charge is 0.878 e. The van der Waals surface area contributed by atoms with Gasteiger partial charge >= 0.3 is 29.6 Å². The molecule has 144 valence electrons. The first-order chi connectivity index (χ1) is 13.0. The summed E-state index contributed by atoms with van der Waals surface area (Å²) in [6, 6.07) is 2.07. The topological polar surface area (TPSA) is 94.9 Å². The van der Waals surface area contributed by atoms with Gasteiger partial charge in [-0.1, -0.05) is 6.20 Å². The molecule has 0 N–H and O–H groups in total. The van der Waals surface area contributed by atoms with Crippen LogP contribution in [0.4, 0.5) is 11.5 Å². The maximum atomic E-state index is 13.0. The van der Waals surface area contributed by atoms with Crippen molar-refractivity contribution in [1.82, 2.24) is 14.8 Å². The number of aromatic nitrogens is 3. The van der Waals surface area contributed by atoms with Crippen molar-refractivity contribution in [2.24, 2.45) is 4.36 Å². The van der Waals surface area contributed by atoms with Crippen LogP contribution in [0.2, 0.25) is 0 Å². The summed E-state index contributed by atoms with van der Waals surface area (Å²) in [7, 11) is -2.31. The Morgan fingerprint density at radius 3 is 2.93 bits per heavy atom. The van der Waals surface area contributed by atoms with E-state index >= 15 is 0 Å². The van der Waals surface area contributed by atoms with Crippen LogP contribution in [-0.4, -0.2) is 62.5 Å². The van der Waals surface area contributed by atoms with Gasteiger partial charge in [-0.05, 0) is 19.8 Å². The average molecular weight is 409 g/mol. The molecule has 2 aliphatic rings. The molecule has 4 rings (SSSR count). The number of rotatable bonds is 5. The maximum Gasteiger partial charge on any atom is 1.00 e. The number of fused-ring (bicyclic) bond motifs is 1. The molecule has 0 spiro atoms. The van der Waals surface area contributed by atoms with Gasteiger partial charge in [0, 0.05) is 35.7 Å². The molecule has 2 aromatic rings. The monoisotopic (exact) mass is 409 g/mol. The van der Waals surface area contributed by atoms with Gasteiger partial charge in [-0.3, -0.25) is 4.98 Å². The number of anilines is 1. The fourth-order valence-corrected chi connectivity index (χ4v) is 4.94. The summed E-state index contributed by atoms with van der Waals surface area (Å²) in [6.07, 6.45) is 10.4. The van der Waals surface area contributed by atoms with E-state index in [1.54, 1.807) is 12.5 Å². The van der Waals surface area contributed by atoms with Crippen molar-refractivity contribution in [3.05, 3.63) is 29.9 Å². The van der Waals surface area contributed by atoms with E-state index in [1.807, 2.05) is 6.07 Å². The minimum atomic E-state index is -2.31. The van der Waals surface area contributed by atoms with Crippen molar-refractivity contribution in [3.63, 3.8) is 0 Å². The largest absolute Gasteiger partial charge is 1.00 e. The summed E-state index contributed by atoms with van der Waals surface area (Å²) < 4.78 is 24.6. The first-order valence-electron chi connectivity index (χ1n) is 8.99. The summed E-state index contributed by atoms with van der Waals surface area (Å²) in [5.74, 6) is 0.750. The predicted octanol–water partition coefficient (Wildman–Crippen LogP) is -0.643. The average Bonchev–Trinajstić information content (AvgIpc) is 3.42. The molecule has 0 amide bonds. The van der Waals surface area contributed by atoms with Gasteiger partial charge in [0.05, 0.1) is 40.3 Å². The van der Waals surface area contributed by atoms with E-state index in [-0.39, 0.29) is 40.8 Å². The molecule has 0 radical (unpaired) electrons. The standard InChI is InChI=1S/C18H22N6O2S.Na/c1-13-12-26-9-8-23(13)17-10-16(22-27(2,25)14-4-5-14)15-11-20-24(7-3-6-19)18(15)21-17;/h3,6,10-11,13-14H,4-5,8-9,12H2,1-2H3;/q-2;+1/t13-,27?;/m1./s1. The first-order valence-corrected chi connectivity index (χ1v) is 11.0. The minimum absolute atomic E-state index is 0. The number of ether oxygens (including phenoxy) is 1.